The Morgan fingerprint density at radius 2 is 1.89 bits per heavy atom. The molecule has 1 aromatic rings. The number of nitriles is 1. The largest absolute Gasteiger partial charge is 0.452 e. The fraction of sp³-hybridized carbons (Fsp3) is 0.421. The lowest BCUT2D eigenvalue weighted by Gasteiger charge is -2.28. The van der Waals surface area contributed by atoms with Gasteiger partial charge in [0.15, 0.2) is 16.4 Å². The molecule has 0 N–H and O–H groups in total. The Morgan fingerprint density at radius 3 is 2.44 bits per heavy atom. The van der Waals surface area contributed by atoms with Crippen LogP contribution in [-0.4, -0.2) is 55.4 Å². The summed E-state index contributed by atoms with van der Waals surface area (Å²) in [7, 11) is -3.09. The van der Waals surface area contributed by atoms with Crippen LogP contribution in [0.25, 0.3) is 6.08 Å². The lowest BCUT2D eigenvalue weighted by Crippen LogP contribution is -2.44. The quantitative estimate of drug-likeness (QED) is 0.537. The summed E-state index contributed by atoms with van der Waals surface area (Å²) in [6.07, 6.45) is 4.91. The van der Waals surface area contributed by atoms with Gasteiger partial charge in [0, 0.05) is 18.2 Å². The van der Waals surface area contributed by atoms with E-state index in [4.69, 9.17) is 10.00 Å². The molecule has 1 aromatic carbocycles. The third-order valence-corrected chi connectivity index (χ3v) is 6.37. The number of esters is 1. The van der Waals surface area contributed by atoms with E-state index >= 15 is 0 Å². The van der Waals surface area contributed by atoms with Gasteiger partial charge in [-0.25, -0.2) is 13.2 Å². The van der Waals surface area contributed by atoms with Crippen molar-refractivity contribution in [2.24, 2.45) is 0 Å². The van der Waals surface area contributed by atoms with Gasteiger partial charge in [0.1, 0.15) is 0 Å². The maximum Gasteiger partial charge on any atom is 0.331 e. The van der Waals surface area contributed by atoms with Crippen LogP contribution in [0.15, 0.2) is 30.3 Å². The maximum absolute atomic E-state index is 12.5. The van der Waals surface area contributed by atoms with Gasteiger partial charge in [0.2, 0.25) is 0 Å². The number of rotatable bonds is 6. The second-order valence-corrected chi connectivity index (χ2v) is 8.99. The Morgan fingerprint density at radius 1 is 1.19 bits per heavy atom. The van der Waals surface area contributed by atoms with Crippen LogP contribution in [0.1, 0.15) is 30.4 Å². The first-order valence-electron chi connectivity index (χ1n) is 8.74. The van der Waals surface area contributed by atoms with E-state index in [-0.39, 0.29) is 29.5 Å². The van der Waals surface area contributed by atoms with Gasteiger partial charge in [-0.2, -0.15) is 5.26 Å². The van der Waals surface area contributed by atoms with E-state index in [1.54, 1.807) is 29.2 Å². The summed E-state index contributed by atoms with van der Waals surface area (Å²) in [5.41, 5.74) is 1.25. The van der Waals surface area contributed by atoms with E-state index in [0.717, 1.165) is 18.4 Å². The molecule has 2 aliphatic rings. The van der Waals surface area contributed by atoms with Gasteiger partial charge in [-0.1, -0.05) is 12.1 Å². The minimum atomic E-state index is -3.09. The summed E-state index contributed by atoms with van der Waals surface area (Å²) < 4.78 is 28.4. The summed E-state index contributed by atoms with van der Waals surface area (Å²) in [6, 6.07) is 8.42. The molecule has 7 nitrogen and oxygen atoms in total. The number of hydrogen-bond acceptors (Lipinski definition) is 6. The van der Waals surface area contributed by atoms with Gasteiger partial charge in [0.05, 0.1) is 23.1 Å². The zero-order valence-electron chi connectivity index (χ0n) is 14.7. The molecule has 0 radical (unpaired) electrons. The topological polar surface area (TPSA) is 105 Å². The normalized spacial score (nSPS) is 20.9. The number of hydrogen-bond donors (Lipinski definition) is 0. The van der Waals surface area contributed by atoms with Crippen molar-refractivity contribution in [3.05, 3.63) is 41.5 Å². The Balaban J connectivity index is 1.53. The number of carbonyl (C=O) groups is 2. The van der Waals surface area contributed by atoms with Gasteiger partial charge in [-0.15, -0.1) is 0 Å². The van der Waals surface area contributed by atoms with Crippen molar-refractivity contribution >= 4 is 27.8 Å². The Labute approximate surface area is 158 Å². The number of carbonyl (C=O) groups excluding carboxylic acids is 2. The number of ether oxygens (including phenoxy) is 1. The molecule has 1 saturated heterocycles. The van der Waals surface area contributed by atoms with Crippen molar-refractivity contribution in [2.45, 2.75) is 31.3 Å². The molecule has 142 valence electrons. The molecule has 1 aliphatic carbocycles. The smallest absolute Gasteiger partial charge is 0.331 e. The third kappa shape index (κ3) is 5.17. The van der Waals surface area contributed by atoms with E-state index in [2.05, 4.69) is 0 Å². The predicted molar refractivity (Wildman–Crippen MR) is 98.1 cm³/mol. The summed E-state index contributed by atoms with van der Waals surface area (Å²) in [5.74, 6) is -0.912. The molecule has 8 heteroatoms. The molecule has 1 saturated carbocycles. The van der Waals surface area contributed by atoms with Gasteiger partial charge >= 0.3 is 5.97 Å². The highest BCUT2D eigenvalue weighted by Gasteiger charge is 2.42. The predicted octanol–water partition coefficient (Wildman–Crippen LogP) is 1.29. The SMILES string of the molecule is N#Cc1ccc(/C=C/C(=O)OCC(=O)N(C2CC2)[C@@H]2CCS(=O)(=O)C2)cc1. The first kappa shape index (κ1) is 19.1. The van der Waals surface area contributed by atoms with E-state index in [1.165, 1.54) is 12.2 Å². The molecule has 0 unspecified atom stereocenters. The average molecular weight is 388 g/mol. The lowest BCUT2D eigenvalue weighted by atomic mass is 10.1. The van der Waals surface area contributed by atoms with Crippen molar-refractivity contribution in [1.29, 1.82) is 5.26 Å². The molecule has 3 rings (SSSR count). The molecule has 1 amide bonds. The molecule has 0 aromatic heterocycles. The highest BCUT2D eigenvalue weighted by Crippen LogP contribution is 2.32. The zero-order chi connectivity index (χ0) is 19.4. The molecule has 1 aliphatic heterocycles. The molecule has 1 atom stereocenters. The number of benzene rings is 1. The minimum absolute atomic E-state index is 0.0121. The van der Waals surface area contributed by atoms with Gasteiger partial charge in [-0.3, -0.25) is 4.79 Å². The van der Waals surface area contributed by atoms with E-state index in [1.807, 2.05) is 6.07 Å². The Hall–Kier alpha value is -2.66. The molecule has 0 spiro atoms. The first-order valence-corrected chi connectivity index (χ1v) is 10.6. The van der Waals surface area contributed by atoms with Crippen LogP contribution >= 0.6 is 0 Å². The van der Waals surface area contributed by atoms with Crippen LogP contribution in [0.2, 0.25) is 0 Å². The third-order valence-electron chi connectivity index (χ3n) is 4.62. The Kier molecular flexibility index (Phi) is 5.61. The monoisotopic (exact) mass is 388 g/mol. The van der Waals surface area contributed by atoms with E-state index < -0.39 is 22.4 Å². The summed E-state index contributed by atoms with van der Waals surface area (Å²) in [4.78, 5) is 25.9. The average Bonchev–Trinajstić information content (AvgIpc) is 3.41. The summed E-state index contributed by atoms with van der Waals surface area (Å²) in [6.45, 7) is -0.399. The van der Waals surface area contributed by atoms with Crippen LogP contribution in [0, 0.1) is 11.3 Å². The summed E-state index contributed by atoms with van der Waals surface area (Å²) >= 11 is 0. The van der Waals surface area contributed by atoms with E-state index in [0.29, 0.717) is 12.0 Å². The number of nitrogens with zero attached hydrogens (tertiary/aromatic N) is 2. The molecular weight excluding hydrogens is 368 g/mol. The van der Waals surface area contributed by atoms with Crippen molar-refractivity contribution in [2.75, 3.05) is 18.1 Å². The second-order valence-electron chi connectivity index (χ2n) is 6.76. The Bertz CT molecular complexity index is 895. The van der Waals surface area contributed by atoms with Gasteiger partial charge in [-0.05, 0) is 43.0 Å². The minimum Gasteiger partial charge on any atom is -0.452 e. The highest BCUT2D eigenvalue weighted by atomic mass is 32.2. The van der Waals surface area contributed by atoms with Crippen LogP contribution in [-0.2, 0) is 24.2 Å². The summed E-state index contributed by atoms with van der Waals surface area (Å²) in [5, 5.41) is 8.75. The van der Waals surface area contributed by atoms with E-state index in [9.17, 15) is 18.0 Å². The lowest BCUT2D eigenvalue weighted by molar-refractivity contribution is -0.149. The molecular formula is C19H20N2O5S. The van der Waals surface area contributed by atoms with Crippen LogP contribution in [0.3, 0.4) is 0 Å². The highest BCUT2D eigenvalue weighted by molar-refractivity contribution is 7.91. The van der Waals surface area contributed by atoms with Crippen LogP contribution in [0.4, 0.5) is 0 Å². The molecule has 2 fully saturated rings. The van der Waals surface area contributed by atoms with Crippen LogP contribution < -0.4 is 0 Å². The second kappa shape index (κ2) is 7.92. The van der Waals surface area contributed by atoms with Crippen molar-refractivity contribution in [1.82, 2.24) is 4.90 Å². The van der Waals surface area contributed by atoms with Gasteiger partial charge < -0.3 is 9.64 Å². The number of amides is 1. The molecule has 0 bridgehead atoms. The van der Waals surface area contributed by atoms with Crippen molar-refractivity contribution in [3.63, 3.8) is 0 Å². The maximum atomic E-state index is 12.5. The van der Waals surface area contributed by atoms with Crippen molar-refractivity contribution in [3.8, 4) is 6.07 Å². The standard InChI is InChI=1S/C19H20N2O5S/c20-11-15-3-1-14(2-4-15)5-8-19(23)26-12-18(22)21(16-6-7-16)17-9-10-27(24,25)13-17/h1-5,8,16-17H,6-7,9-10,12-13H2/b8-5+/t17-/m1/s1. The molecule has 27 heavy (non-hydrogen) atoms. The van der Waals surface area contributed by atoms with Gasteiger partial charge in [0.25, 0.3) is 5.91 Å². The molecule has 1 heterocycles. The number of sulfone groups is 1. The first-order chi connectivity index (χ1) is 12.9. The zero-order valence-corrected chi connectivity index (χ0v) is 15.5. The van der Waals surface area contributed by atoms with Crippen LogP contribution in [0.5, 0.6) is 0 Å². The fourth-order valence-corrected chi connectivity index (χ4v) is 4.85. The fourth-order valence-electron chi connectivity index (χ4n) is 3.14. The van der Waals surface area contributed by atoms with Crippen molar-refractivity contribution < 1.29 is 22.7 Å².